The number of hydrogen-bond donors (Lipinski definition) is 0. The molecule has 4 rings (SSSR count). The first kappa shape index (κ1) is 18.3. The quantitative estimate of drug-likeness (QED) is 0.638. The minimum atomic E-state index is -3.70. The fourth-order valence-electron chi connectivity index (χ4n) is 3.28. The van der Waals surface area contributed by atoms with Crippen molar-refractivity contribution in [1.82, 2.24) is 29.3 Å². The minimum Gasteiger partial charge on any atom is -0.418 e. The lowest BCUT2D eigenvalue weighted by molar-refractivity contribution is 0.332. The van der Waals surface area contributed by atoms with E-state index in [4.69, 9.17) is 4.42 Å². The minimum absolute atomic E-state index is 0.231. The van der Waals surface area contributed by atoms with Crippen molar-refractivity contribution in [3.05, 3.63) is 29.0 Å². The van der Waals surface area contributed by atoms with Crippen LogP contribution in [0.25, 0.3) is 10.8 Å². The van der Waals surface area contributed by atoms with E-state index in [1.54, 1.807) is 23.3 Å². The van der Waals surface area contributed by atoms with Crippen LogP contribution in [-0.4, -0.2) is 44.2 Å². The number of sulfonamides is 1. The van der Waals surface area contributed by atoms with Gasteiger partial charge in [0.05, 0.1) is 16.9 Å². The number of aromatic nitrogens is 5. The van der Waals surface area contributed by atoms with Crippen LogP contribution in [0.3, 0.4) is 0 Å². The van der Waals surface area contributed by atoms with Crippen molar-refractivity contribution in [2.45, 2.75) is 51.1 Å². The van der Waals surface area contributed by atoms with Crippen molar-refractivity contribution in [1.29, 1.82) is 0 Å². The van der Waals surface area contributed by atoms with Gasteiger partial charge in [0.15, 0.2) is 0 Å². The summed E-state index contributed by atoms with van der Waals surface area (Å²) in [5, 5.41) is 12.5. The molecule has 144 valence electrons. The second kappa shape index (κ2) is 6.80. The molecule has 11 heteroatoms. The Morgan fingerprint density at radius 1 is 1.30 bits per heavy atom. The van der Waals surface area contributed by atoms with Crippen LogP contribution in [0.15, 0.2) is 21.0 Å². The van der Waals surface area contributed by atoms with Gasteiger partial charge in [0.25, 0.3) is 5.89 Å². The van der Waals surface area contributed by atoms with Crippen LogP contribution in [0, 0.1) is 13.8 Å². The molecule has 0 spiro atoms. The summed E-state index contributed by atoms with van der Waals surface area (Å²) in [6.07, 6.45) is 2.96. The summed E-state index contributed by atoms with van der Waals surface area (Å²) < 4.78 is 35.4. The lowest BCUT2D eigenvalue weighted by Gasteiger charge is -2.20. The van der Waals surface area contributed by atoms with Crippen molar-refractivity contribution >= 4 is 21.4 Å². The Kier molecular flexibility index (Phi) is 4.60. The van der Waals surface area contributed by atoms with Gasteiger partial charge < -0.3 is 4.42 Å². The van der Waals surface area contributed by atoms with Crippen LogP contribution in [0.4, 0.5) is 0 Å². The molecule has 9 nitrogen and oxygen atoms in total. The summed E-state index contributed by atoms with van der Waals surface area (Å²) in [6, 6.07) is -0.464. The third-order valence-corrected chi connectivity index (χ3v) is 7.61. The zero-order valence-electron chi connectivity index (χ0n) is 15.3. The predicted octanol–water partition coefficient (Wildman–Crippen LogP) is 2.55. The van der Waals surface area contributed by atoms with Crippen molar-refractivity contribution in [3.63, 3.8) is 0 Å². The highest BCUT2D eigenvalue weighted by Crippen LogP contribution is 2.38. The highest BCUT2D eigenvalue weighted by molar-refractivity contribution is 7.89. The molecule has 0 N–H and O–H groups in total. The zero-order valence-corrected chi connectivity index (χ0v) is 16.9. The molecule has 4 heterocycles. The van der Waals surface area contributed by atoms with E-state index >= 15 is 0 Å². The second-order valence-corrected chi connectivity index (χ2v) is 9.13. The Labute approximate surface area is 161 Å². The monoisotopic (exact) mass is 408 g/mol. The first-order chi connectivity index (χ1) is 12.9. The van der Waals surface area contributed by atoms with Crippen LogP contribution in [0.1, 0.15) is 43.1 Å². The Balaban J connectivity index is 1.67. The van der Waals surface area contributed by atoms with E-state index in [2.05, 4.69) is 20.3 Å². The fraction of sp³-hybridized carbons (Fsp3) is 0.500. The molecule has 0 aromatic carbocycles. The first-order valence-electron chi connectivity index (χ1n) is 8.71. The van der Waals surface area contributed by atoms with E-state index in [0.717, 1.165) is 17.0 Å². The Hall–Kier alpha value is -2.11. The largest absolute Gasteiger partial charge is 0.418 e. The maximum atomic E-state index is 13.2. The normalized spacial score (nSPS) is 18.4. The van der Waals surface area contributed by atoms with Crippen molar-refractivity contribution in [3.8, 4) is 10.8 Å². The number of nitrogens with zero attached hydrogens (tertiary/aromatic N) is 6. The van der Waals surface area contributed by atoms with E-state index in [-0.39, 0.29) is 4.90 Å². The molecule has 0 bridgehead atoms. The Morgan fingerprint density at radius 2 is 2.11 bits per heavy atom. The lowest BCUT2D eigenvalue weighted by atomic mass is 10.2. The topological polar surface area (TPSA) is 107 Å². The lowest BCUT2D eigenvalue weighted by Crippen LogP contribution is -2.31. The van der Waals surface area contributed by atoms with Crippen molar-refractivity contribution < 1.29 is 12.8 Å². The van der Waals surface area contributed by atoms with Crippen LogP contribution in [-0.2, 0) is 16.6 Å². The molecule has 0 unspecified atom stereocenters. The van der Waals surface area contributed by atoms with Gasteiger partial charge in [-0.15, -0.1) is 21.5 Å². The van der Waals surface area contributed by atoms with Gasteiger partial charge in [-0.1, -0.05) is 0 Å². The summed E-state index contributed by atoms with van der Waals surface area (Å²) in [5.41, 5.74) is 3.03. The van der Waals surface area contributed by atoms with Gasteiger partial charge in [-0.2, -0.15) is 9.40 Å². The number of rotatable bonds is 5. The maximum Gasteiger partial charge on any atom is 0.259 e. The Bertz CT molecular complexity index is 1070. The molecule has 1 atom stereocenters. The molecule has 27 heavy (non-hydrogen) atoms. The molecule has 0 radical (unpaired) electrons. The summed E-state index contributed by atoms with van der Waals surface area (Å²) in [7, 11) is -3.70. The summed E-state index contributed by atoms with van der Waals surface area (Å²) >= 11 is 1.42. The summed E-state index contributed by atoms with van der Waals surface area (Å²) in [5.74, 6) is 0.698. The van der Waals surface area contributed by atoms with Crippen LogP contribution >= 0.6 is 11.3 Å². The number of thiazole rings is 1. The molecule has 1 fully saturated rings. The van der Waals surface area contributed by atoms with Crippen LogP contribution in [0.2, 0.25) is 0 Å². The highest BCUT2D eigenvalue weighted by atomic mass is 32.2. The van der Waals surface area contributed by atoms with Crippen molar-refractivity contribution in [2.75, 3.05) is 6.54 Å². The van der Waals surface area contributed by atoms with Crippen LogP contribution in [0.5, 0.6) is 0 Å². The van der Waals surface area contributed by atoms with Gasteiger partial charge in [-0.25, -0.2) is 13.4 Å². The average molecular weight is 409 g/mol. The maximum absolute atomic E-state index is 13.2. The molecule has 3 aromatic rings. The Morgan fingerprint density at radius 3 is 2.78 bits per heavy atom. The standard InChI is InChI=1S/C16H20N6O3S2/c1-4-21-8-13(10(2)20-21)27(23,24)22-7-5-6-12(22)15-18-19-16(25-15)14-11(3)17-9-26-14/h8-9,12H,4-7H2,1-3H3/t12-/m1/s1. The molecular formula is C16H20N6O3S2. The highest BCUT2D eigenvalue weighted by Gasteiger charge is 2.40. The number of aryl methyl sites for hydroxylation is 3. The van der Waals surface area contributed by atoms with E-state index < -0.39 is 16.1 Å². The van der Waals surface area contributed by atoms with Gasteiger partial charge in [-0.05, 0) is 33.6 Å². The van der Waals surface area contributed by atoms with Gasteiger partial charge in [0, 0.05) is 19.3 Å². The third kappa shape index (κ3) is 3.09. The fourth-order valence-corrected chi connectivity index (χ4v) is 5.83. The van der Waals surface area contributed by atoms with Gasteiger partial charge >= 0.3 is 0 Å². The van der Waals surface area contributed by atoms with Crippen LogP contribution < -0.4 is 0 Å². The molecule has 3 aromatic heterocycles. The summed E-state index contributed by atoms with van der Waals surface area (Å²) in [4.78, 5) is 5.23. The van der Waals surface area contributed by atoms with Gasteiger partial charge in [-0.3, -0.25) is 4.68 Å². The number of hydrogen-bond acceptors (Lipinski definition) is 8. The van der Waals surface area contributed by atoms with Crippen molar-refractivity contribution in [2.24, 2.45) is 0 Å². The molecule has 0 amide bonds. The summed E-state index contributed by atoms with van der Waals surface area (Å²) in [6.45, 7) is 6.53. The molecular weight excluding hydrogens is 388 g/mol. The SMILES string of the molecule is CCn1cc(S(=O)(=O)N2CCC[C@@H]2c2nnc(-c3scnc3C)o2)c(C)n1. The van der Waals surface area contributed by atoms with E-state index in [1.807, 2.05) is 13.8 Å². The molecule has 1 saturated heterocycles. The van der Waals surface area contributed by atoms with E-state index in [9.17, 15) is 8.42 Å². The first-order valence-corrected chi connectivity index (χ1v) is 11.0. The smallest absolute Gasteiger partial charge is 0.259 e. The molecule has 0 aliphatic carbocycles. The average Bonchev–Trinajstić information content (AvgIpc) is 3.40. The zero-order chi connectivity index (χ0) is 19.2. The third-order valence-electron chi connectivity index (χ3n) is 4.68. The molecule has 0 saturated carbocycles. The van der Waals surface area contributed by atoms with E-state index in [1.165, 1.54) is 15.6 Å². The second-order valence-electron chi connectivity index (χ2n) is 6.42. The molecule has 1 aliphatic heterocycles. The predicted molar refractivity (Wildman–Crippen MR) is 98.6 cm³/mol. The van der Waals surface area contributed by atoms with E-state index in [0.29, 0.717) is 37.0 Å². The molecule has 1 aliphatic rings. The van der Waals surface area contributed by atoms with Gasteiger partial charge in [0.2, 0.25) is 15.9 Å². The van der Waals surface area contributed by atoms with Gasteiger partial charge in [0.1, 0.15) is 15.8 Å².